The van der Waals surface area contributed by atoms with E-state index in [4.69, 9.17) is 16.3 Å². The molecule has 1 aromatic heterocycles. The Morgan fingerprint density at radius 3 is 2.66 bits per heavy atom. The number of benzene rings is 3. The molecule has 4 aromatic rings. The molecule has 0 unspecified atom stereocenters. The maximum absolute atomic E-state index is 12.6. The minimum absolute atomic E-state index is 0.114. The lowest BCUT2D eigenvalue weighted by Gasteiger charge is -2.09. The van der Waals surface area contributed by atoms with Crippen LogP contribution in [0.3, 0.4) is 0 Å². The van der Waals surface area contributed by atoms with Gasteiger partial charge in [0.1, 0.15) is 5.75 Å². The second-order valence-electron chi connectivity index (χ2n) is 6.57. The smallest absolute Gasteiger partial charge is 0.257 e. The van der Waals surface area contributed by atoms with Crippen molar-refractivity contribution in [1.29, 1.82) is 0 Å². The lowest BCUT2D eigenvalue weighted by molar-refractivity contribution is -0.113. The topological polar surface area (TPSA) is 93.2 Å². The molecule has 0 atom stereocenters. The first kappa shape index (κ1) is 22.1. The summed E-state index contributed by atoms with van der Waals surface area (Å²) in [6.07, 6.45) is 0. The third-order valence-corrected chi connectivity index (χ3v) is 6.61. The summed E-state index contributed by atoms with van der Waals surface area (Å²) in [4.78, 5) is 24.9. The monoisotopic (exact) mass is 484 g/mol. The van der Waals surface area contributed by atoms with Crippen molar-refractivity contribution in [2.45, 2.75) is 4.34 Å². The Balaban J connectivity index is 1.34. The van der Waals surface area contributed by atoms with Crippen LogP contribution in [0, 0.1) is 0 Å². The number of carbonyl (C=O) groups excluding carboxylic acids is 2. The molecule has 0 saturated heterocycles. The van der Waals surface area contributed by atoms with Crippen LogP contribution in [0.5, 0.6) is 5.75 Å². The van der Waals surface area contributed by atoms with E-state index in [2.05, 4.69) is 20.8 Å². The van der Waals surface area contributed by atoms with Gasteiger partial charge >= 0.3 is 0 Å². The van der Waals surface area contributed by atoms with Crippen LogP contribution in [0.2, 0.25) is 5.02 Å². The summed E-state index contributed by atoms with van der Waals surface area (Å²) < 4.78 is 5.79. The number of amides is 2. The van der Waals surface area contributed by atoms with E-state index in [1.165, 1.54) is 30.2 Å². The van der Waals surface area contributed by atoms with Gasteiger partial charge in [-0.05, 0) is 41.1 Å². The molecule has 0 saturated carbocycles. The van der Waals surface area contributed by atoms with Crippen molar-refractivity contribution in [1.82, 2.24) is 10.2 Å². The summed E-state index contributed by atoms with van der Waals surface area (Å²) >= 11 is 8.40. The standard InChI is InChI=1S/C22H17ClN4O3S2/c1-30-18-9-8-16(23)11-17(18)24-19(28)12-31-22-27-26-21(32-22)25-20(29)15-7-6-13-4-2-3-5-14(13)10-15/h2-11H,12H2,1H3,(H,24,28)(H,25,26,29). The normalized spacial score (nSPS) is 10.7. The molecule has 0 aliphatic carbocycles. The summed E-state index contributed by atoms with van der Waals surface area (Å²) in [5, 5.41) is 16.4. The molecule has 10 heteroatoms. The van der Waals surface area contributed by atoms with E-state index in [0.29, 0.717) is 31.5 Å². The highest BCUT2D eigenvalue weighted by Crippen LogP contribution is 2.29. The summed E-state index contributed by atoms with van der Waals surface area (Å²) in [6.45, 7) is 0. The van der Waals surface area contributed by atoms with Gasteiger partial charge < -0.3 is 10.1 Å². The summed E-state index contributed by atoms with van der Waals surface area (Å²) in [5.74, 6) is 0.118. The lowest BCUT2D eigenvalue weighted by Crippen LogP contribution is -2.14. The van der Waals surface area contributed by atoms with Crippen molar-refractivity contribution < 1.29 is 14.3 Å². The van der Waals surface area contributed by atoms with E-state index in [0.717, 1.165) is 10.8 Å². The van der Waals surface area contributed by atoms with E-state index in [9.17, 15) is 9.59 Å². The molecule has 3 aromatic carbocycles. The number of carbonyl (C=O) groups is 2. The molecule has 0 radical (unpaired) electrons. The lowest BCUT2D eigenvalue weighted by atomic mass is 10.1. The molecule has 0 fully saturated rings. The highest BCUT2D eigenvalue weighted by molar-refractivity contribution is 8.01. The van der Waals surface area contributed by atoms with Crippen molar-refractivity contribution in [3.05, 3.63) is 71.2 Å². The first-order chi connectivity index (χ1) is 15.5. The van der Waals surface area contributed by atoms with Crippen molar-refractivity contribution >= 4 is 68.1 Å². The predicted molar refractivity (Wildman–Crippen MR) is 129 cm³/mol. The Kier molecular flexibility index (Phi) is 6.89. The fourth-order valence-electron chi connectivity index (χ4n) is 2.91. The number of aromatic nitrogens is 2. The van der Waals surface area contributed by atoms with E-state index in [-0.39, 0.29) is 17.6 Å². The molecule has 4 rings (SSSR count). The molecule has 2 N–H and O–H groups in total. The average molecular weight is 485 g/mol. The van der Waals surface area contributed by atoms with Gasteiger partial charge in [-0.25, -0.2) is 0 Å². The molecule has 0 bridgehead atoms. The number of anilines is 2. The highest BCUT2D eigenvalue weighted by Gasteiger charge is 2.13. The molecule has 32 heavy (non-hydrogen) atoms. The zero-order chi connectivity index (χ0) is 22.5. The largest absolute Gasteiger partial charge is 0.495 e. The van der Waals surface area contributed by atoms with Gasteiger partial charge in [0.2, 0.25) is 11.0 Å². The number of thioether (sulfide) groups is 1. The van der Waals surface area contributed by atoms with E-state index >= 15 is 0 Å². The SMILES string of the molecule is COc1ccc(Cl)cc1NC(=O)CSc1nnc(NC(=O)c2ccc3ccccc3c2)s1. The maximum atomic E-state index is 12.6. The second kappa shape index (κ2) is 9.99. The molecular weight excluding hydrogens is 468 g/mol. The molecule has 1 heterocycles. The molecule has 0 spiro atoms. The van der Waals surface area contributed by atoms with Gasteiger partial charge in [-0.2, -0.15) is 0 Å². The fraction of sp³-hybridized carbons (Fsp3) is 0.0909. The second-order valence-corrected chi connectivity index (χ2v) is 9.21. The predicted octanol–water partition coefficient (Wildman–Crippen LogP) is 5.34. The zero-order valence-electron chi connectivity index (χ0n) is 16.8. The van der Waals surface area contributed by atoms with E-state index in [1.807, 2.05) is 36.4 Å². The first-order valence-corrected chi connectivity index (χ1v) is 11.6. The molecule has 7 nitrogen and oxygen atoms in total. The number of rotatable bonds is 7. The number of fused-ring (bicyclic) bond motifs is 1. The highest BCUT2D eigenvalue weighted by atomic mass is 35.5. The van der Waals surface area contributed by atoms with Crippen LogP contribution in [0.4, 0.5) is 10.8 Å². The Bertz CT molecular complexity index is 1300. The molecule has 0 aliphatic heterocycles. The van der Waals surface area contributed by atoms with Gasteiger partial charge in [-0.3, -0.25) is 14.9 Å². The Labute approximate surface area is 197 Å². The molecular formula is C22H17ClN4O3S2. The number of hydrogen-bond donors (Lipinski definition) is 2. The van der Waals surface area contributed by atoms with Gasteiger partial charge in [0.05, 0.1) is 18.6 Å². The van der Waals surface area contributed by atoms with Gasteiger partial charge in [-0.15, -0.1) is 10.2 Å². The third-order valence-electron chi connectivity index (χ3n) is 4.40. The van der Waals surface area contributed by atoms with Crippen molar-refractivity contribution in [3.8, 4) is 5.75 Å². The zero-order valence-corrected chi connectivity index (χ0v) is 19.2. The van der Waals surface area contributed by atoms with E-state index in [1.54, 1.807) is 24.3 Å². The Hall–Kier alpha value is -3.14. The van der Waals surface area contributed by atoms with Gasteiger partial charge in [-0.1, -0.05) is 65.0 Å². The number of methoxy groups -OCH3 is 1. The average Bonchev–Trinajstić information content (AvgIpc) is 3.25. The van der Waals surface area contributed by atoms with Crippen molar-refractivity contribution in [2.24, 2.45) is 0 Å². The van der Waals surface area contributed by atoms with Crippen LogP contribution in [-0.4, -0.2) is 34.9 Å². The minimum atomic E-state index is -0.269. The van der Waals surface area contributed by atoms with Gasteiger partial charge in [0.15, 0.2) is 4.34 Å². The number of nitrogens with one attached hydrogen (secondary N) is 2. The van der Waals surface area contributed by atoms with Crippen molar-refractivity contribution in [2.75, 3.05) is 23.5 Å². The van der Waals surface area contributed by atoms with E-state index < -0.39 is 0 Å². The molecule has 0 aliphatic rings. The summed E-state index contributed by atoms with van der Waals surface area (Å²) in [5.41, 5.74) is 1.02. The maximum Gasteiger partial charge on any atom is 0.257 e. The quantitative estimate of drug-likeness (QED) is 0.272. The van der Waals surface area contributed by atoms with Crippen molar-refractivity contribution in [3.63, 3.8) is 0 Å². The minimum Gasteiger partial charge on any atom is -0.495 e. The van der Waals surface area contributed by atoms with Gasteiger partial charge in [0, 0.05) is 10.6 Å². The number of halogens is 1. The summed E-state index contributed by atoms with van der Waals surface area (Å²) in [6, 6.07) is 18.3. The molecule has 162 valence electrons. The number of ether oxygens (including phenoxy) is 1. The van der Waals surface area contributed by atoms with Crippen LogP contribution in [0.1, 0.15) is 10.4 Å². The number of hydrogen-bond acceptors (Lipinski definition) is 7. The van der Waals surface area contributed by atoms with Crippen LogP contribution in [0.15, 0.2) is 65.0 Å². The van der Waals surface area contributed by atoms with Crippen LogP contribution < -0.4 is 15.4 Å². The van der Waals surface area contributed by atoms with Crippen LogP contribution in [-0.2, 0) is 4.79 Å². The first-order valence-electron chi connectivity index (χ1n) is 9.41. The Morgan fingerprint density at radius 1 is 1.03 bits per heavy atom. The summed E-state index contributed by atoms with van der Waals surface area (Å²) in [7, 11) is 1.52. The number of nitrogens with zero attached hydrogens (tertiary/aromatic N) is 2. The Morgan fingerprint density at radius 2 is 1.84 bits per heavy atom. The molecule has 2 amide bonds. The third kappa shape index (κ3) is 5.37. The van der Waals surface area contributed by atoms with Gasteiger partial charge in [0.25, 0.3) is 5.91 Å². The fourth-order valence-corrected chi connectivity index (χ4v) is 4.63. The van der Waals surface area contributed by atoms with Crippen LogP contribution in [0.25, 0.3) is 10.8 Å². The van der Waals surface area contributed by atoms with Crippen LogP contribution >= 0.6 is 34.7 Å².